The maximum absolute atomic E-state index is 12.3. The van der Waals surface area contributed by atoms with E-state index >= 15 is 0 Å². The summed E-state index contributed by atoms with van der Waals surface area (Å²) in [5, 5.41) is 11.8. The van der Waals surface area contributed by atoms with Gasteiger partial charge in [-0.05, 0) is 44.0 Å². The van der Waals surface area contributed by atoms with Crippen LogP contribution in [0, 0.1) is 18.3 Å². The molecule has 0 bridgehead atoms. The quantitative estimate of drug-likeness (QED) is 0.818. The topological polar surface area (TPSA) is 73.2 Å². The molecule has 1 saturated heterocycles. The van der Waals surface area contributed by atoms with Gasteiger partial charge in [-0.1, -0.05) is 6.07 Å². The predicted octanol–water partition coefficient (Wildman–Crippen LogP) is 1.10. The van der Waals surface area contributed by atoms with Crippen molar-refractivity contribution in [3.63, 3.8) is 0 Å². The minimum atomic E-state index is -0.728. The van der Waals surface area contributed by atoms with Gasteiger partial charge < -0.3 is 0 Å². The summed E-state index contributed by atoms with van der Waals surface area (Å²) in [6.45, 7) is 5.81. The number of benzene rings is 1. The molecule has 1 aromatic rings. The van der Waals surface area contributed by atoms with Gasteiger partial charge in [-0.15, -0.1) is 0 Å². The molecule has 0 saturated carbocycles. The van der Waals surface area contributed by atoms with Crippen molar-refractivity contribution in [3.05, 3.63) is 34.9 Å². The fourth-order valence-electron chi connectivity index (χ4n) is 2.19. The number of imide groups is 1. The lowest BCUT2D eigenvalue weighted by Crippen LogP contribution is -2.63. The van der Waals surface area contributed by atoms with Gasteiger partial charge in [-0.3, -0.25) is 19.8 Å². The SMILES string of the molecule is Cc1cc(C#N)ccc1CN1C(=O)CNC(C)(C)C1=O. The van der Waals surface area contributed by atoms with Crippen molar-refractivity contribution in [1.82, 2.24) is 10.2 Å². The minimum Gasteiger partial charge on any atom is -0.295 e. The highest BCUT2D eigenvalue weighted by molar-refractivity contribution is 6.02. The number of rotatable bonds is 2. The highest BCUT2D eigenvalue weighted by Gasteiger charge is 2.39. The van der Waals surface area contributed by atoms with Crippen molar-refractivity contribution in [2.75, 3.05) is 6.54 Å². The first kappa shape index (κ1) is 14.2. The van der Waals surface area contributed by atoms with Crippen molar-refractivity contribution >= 4 is 11.8 Å². The summed E-state index contributed by atoms with van der Waals surface area (Å²) in [6.07, 6.45) is 0. The molecule has 0 unspecified atom stereocenters. The van der Waals surface area contributed by atoms with Gasteiger partial charge >= 0.3 is 0 Å². The molecule has 1 fully saturated rings. The lowest BCUT2D eigenvalue weighted by molar-refractivity contribution is -0.153. The molecule has 2 amide bonds. The van der Waals surface area contributed by atoms with Crippen molar-refractivity contribution in [2.45, 2.75) is 32.9 Å². The van der Waals surface area contributed by atoms with Gasteiger partial charge in [-0.2, -0.15) is 5.26 Å². The number of nitriles is 1. The van der Waals surface area contributed by atoms with E-state index in [1.165, 1.54) is 4.90 Å². The Labute approximate surface area is 118 Å². The maximum Gasteiger partial charge on any atom is 0.249 e. The molecule has 1 heterocycles. The number of nitrogens with one attached hydrogen (secondary N) is 1. The summed E-state index contributed by atoms with van der Waals surface area (Å²) >= 11 is 0. The molecule has 2 rings (SSSR count). The van der Waals surface area contributed by atoms with Crippen LogP contribution in [-0.4, -0.2) is 28.8 Å². The first-order chi connectivity index (χ1) is 9.35. The third-order valence-corrected chi connectivity index (χ3v) is 3.56. The molecule has 0 aliphatic carbocycles. The van der Waals surface area contributed by atoms with E-state index < -0.39 is 5.54 Å². The Bertz CT molecular complexity index is 614. The van der Waals surface area contributed by atoms with E-state index in [-0.39, 0.29) is 24.9 Å². The predicted molar refractivity (Wildman–Crippen MR) is 73.5 cm³/mol. The van der Waals surface area contributed by atoms with Gasteiger partial charge in [-0.25, -0.2) is 0 Å². The number of hydrogen-bond acceptors (Lipinski definition) is 4. The average molecular weight is 271 g/mol. The number of hydrogen-bond donors (Lipinski definition) is 1. The smallest absolute Gasteiger partial charge is 0.249 e. The number of amides is 2. The molecule has 104 valence electrons. The summed E-state index contributed by atoms with van der Waals surface area (Å²) in [5.74, 6) is -0.449. The molecule has 0 spiro atoms. The molecule has 1 N–H and O–H groups in total. The highest BCUT2D eigenvalue weighted by Crippen LogP contribution is 2.19. The number of aryl methyl sites for hydroxylation is 1. The largest absolute Gasteiger partial charge is 0.295 e. The van der Waals surface area contributed by atoms with Crippen LogP contribution < -0.4 is 5.32 Å². The van der Waals surface area contributed by atoms with E-state index in [0.29, 0.717) is 5.56 Å². The number of piperazine rings is 1. The Morgan fingerprint density at radius 1 is 1.40 bits per heavy atom. The monoisotopic (exact) mass is 271 g/mol. The standard InChI is InChI=1S/C15H17N3O2/c1-10-6-11(7-16)4-5-12(10)9-18-13(19)8-17-15(2,3)14(18)20/h4-6,17H,8-9H2,1-3H3. The second kappa shape index (κ2) is 5.06. The number of nitrogens with zero attached hydrogens (tertiary/aromatic N) is 2. The molecular formula is C15H17N3O2. The van der Waals surface area contributed by atoms with Gasteiger partial charge in [0.05, 0.1) is 30.3 Å². The molecule has 1 aliphatic heterocycles. The fourth-order valence-corrected chi connectivity index (χ4v) is 2.19. The molecule has 0 atom stereocenters. The Hall–Kier alpha value is -2.19. The Kier molecular flexibility index (Phi) is 3.60. The third-order valence-electron chi connectivity index (χ3n) is 3.56. The number of carbonyl (C=O) groups excluding carboxylic acids is 2. The summed E-state index contributed by atoms with van der Waals surface area (Å²) in [6, 6.07) is 7.33. The lowest BCUT2D eigenvalue weighted by atomic mass is 9.99. The van der Waals surface area contributed by atoms with Crippen LogP contribution in [0.3, 0.4) is 0 Å². The lowest BCUT2D eigenvalue weighted by Gasteiger charge is -2.36. The zero-order valence-electron chi connectivity index (χ0n) is 11.9. The number of carbonyl (C=O) groups is 2. The summed E-state index contributed by atoms with van der Waals surface area (Å²) in [4.78, 5) is 25.5. The van der Waals surface area contributed by atoms with Crippen LogP contribution in [0.2, 0.25) is 0 Å². The van der Waals surface area contributed by atoms with E-state index in [1.54, 1.807) is 32.0 Å². The Morgan fingerprint density at radius 3 is 2.70 bits per heavy atom. The van der Waals surface area contributed by atoms with E-state index in [4.69, 9.17) is 5.26 Å². The maximum atomic E-state index is 12.3. The van der Waals surface area contributed by atoms with Crippen LogP contribution in [0.5, 0.6) is 0 Å². The van der Waals surface area contributed by atoms with Gasteiger partial charge in [0.2, 0.25) is 11.8 Å². The van der Waals surface area contributed by atoms with E-state index in [0.717, 1.165) is 11.1 Å². The molecule has 5 nitrogen and oxygen atoms in total. The van der Waals surface area contributed by atoms with Gasteiger partial charge in [0.25, 0.3) is 0 Å². The Balaban J connectivity index is 2.27. The molecule has 0 aromatic heterocycles. The van der Waals surface area contributed by atoms with E-state index in [2.05, 4.69) is 11.4 Å². The van der Waals surface area contributed by atoms with Crippen LogP contribution in [0.25, 0.3) is 0 Å². The zero-order valence-corrected chi connectivity index (χ0v) is 11.9. The first-order valence-electron chi connectivity index (χ1n) is 6.44. The van der Waals surface area contributed by atoms with Gasteiger partial charge in [0, 0.05) is 0 Å². The van der Waals surface area contributed by atoms with Gasteiger partial charge in [0.1, 0.15) is 0 Å². The van der Waals surface area contributed by atoms with Crippen molar-refractivity contribution in [1.29, 1.82) is 5.26 Å². The van der Waals surface area contributed by atoms with Gasteiger partial charge in [0.15, 0.2) is 0 Å². The fraction of sp³-hybridized carbons (Fsp3) is 0.400. The average Bonchev–Trinajstić information content (AvgIpc) is 2.41. The second-order valence-corrected chi connectivity index (χ2v) is 5.52. The summed E-state index contributed by atoms with van der Waals surface area (Å²) in [7, 11) is 0. The summed E-state index contributed by atoms with van der Waals surface area (Å²) in [5.41, 5.74) is 1.63. The van der Waals surface area contributed by atoms with E-state index in [1.807, 2.05) is 6.92 Å². The van der Waals surface area contributed by atoms with Crippen LogP contribution in [0.4, 0.5) is 0 Å². The highest BCUT2D eigenvalue weighted by atomic mass is 16.2. The molecule has 20 heavy (non-hydrogen) atoms. The van der Waals surface area contributed by atoms with Crippen LogP contribution >= 0.6 is 0 Å². The Morgan fingerprint density at radius 2 is 2.10 bits per heavy atom. The first-order valence-corrected chi connectivity index (χ1v) is 6.44. The van der Waals surface area contributed by atoms with E-state index in [9.17, 15) is 9.59 Å². The second-order valence-electron chi connectivity index (χ2n) is 5.52. The van der Waals surface area contributed by atoms with Crippen molar-refractivity contribution in [2.24, 2.45) is 0 Å². The van der Waals surface area contributed by atoms with Crippen LogP contribution in [-0.2, 0) is 16.1 Å². The van der Waals surface area contributed by atoms with Crippen LogP contribution in [0.1, 0.15) is 30.5 Å². The molecule has 0 radical (unpaired) electrons. The van der Waals surface area contributed by atoms with Crippen molar-refractivity contribution in [3.8, 4) is 6.07 Å². The molecule has 5 heteroatoms. The zero-order chi connectivity index (χ0) is 14.9. The summed E-state index contributed by atoms with van der Waals surface area (Å²) < 4.78 is 0. The minimum absolute atomic E-state index is 0.161. The molecular weight excluding hydrogens is 254 g/mol. The molecule has 1 aromatic carbocycles. The normalized spacial score (nSPS) is 18.0. The molecule has 1 aliphatic rings. The van der Waals surface area contributed by atoms with Crippen molar-refractivity contribution < 1.29 is 9.59 Å². The van der Waals surface area contributed by atoms with Crippen LogP contribution in [0.15, 0.2) is 18.2 Å². The third kappa shape index (κ3) is 2.56.